The maximum absolute atomic E-state index is 5.26. The van der Waals surface area contributed by atoms with Gasteiger partial charge in [0.15, 0.2) is 0 Å². The molecule has 2 heterocycles. The van der Waals surface area contributed by atoms with Gasteiger partial charge >= 0.3 is 0 Å². The number of methoxy groups -OCH3 is 1. The molecule has 0 bridgehead atoms. The number of hydrogen-bond acceptors (Lipinski definition) is 5. The maximum atomic E-state index is 5.26. The van der Waals surface area contributed by atoms with E-state index in [4.69, 9.17) is 14.7 Å². The minimum atomic E-state index is 0.452. The third-order valence-electron chi connectivity index (χ3n) is 5.40. The molecule has 4 rings (SSSR count). The van der Waals surface area contributed by atoms with E-state index in [9.17, 15) is 0 Å². The summed E-state index contributed by atoms with van der Waals surface area (Å²) in [5.41, 5.74) is 5.31. The monoisotopic (exact) mass is 362 g/mol. The van der Waals surface area contributed by atoms with Crippen LogP contribution in [0, 0.1) is 6.92 Å². The Balaban J connectivity index is 1.46. The van der Waals surface area contributed by atoms with E-state index in [-0.39, 0.29) is 0 Å². The van der Waals surface area contributed by atoms with Crippen LogP contribution in [-0.2, 0) is 6.54 Å². The summed E-state index contributed by atoms with van der Waals surface area (Å²) in [5, 5.41) is 0. The molecule has 1 atom stereocenters. The number of piperazine rings is 1. The fourth-order valence-corrected chi connectivity index (χ4v) is 3.72. The van der Waals surface area contributed by atoms with Crippen LogP contribution in [0.25, 0.3) is 11.0 Å². The lowest BCUT2D eigenvalue weighted by Crippen LogP contribution is -2.51. The average Bonchev–Trinajstić information content (AvgIpc) is 2.70. The lowest BCUT2D eigenvalue weighted by molar-refractivity contribution is 0.178. The molecule has 1 aromatic heterocycles. The van der Waals surface area contributed by atoms with Crippen LogP contribution in [0.15, 0.2) is 48.5 Å². The van der Waals surface area contributed by atoms with E-state index in [1.807, 2.05) is 36.4 Å². The van der Waals surface area contributed by atoms with Crippen molar-refractivity contribution >= 4 is 16.7 Å². The van der Waals surface area contributed by atoms with Crippen LogP contribution in [0.5, 0.6) is 5.75 Å². The topological polar surface area (TPSA) is 41.5 Å². The summed E-state index contributed by atoms with van der Waals surface area (Å²) < 4.78 is 5.26. The molecule has 2 aromatic carbocycles. The molecule has 5 heteroatoms. The summed E-state index contributed by atoms with van der Waals surface area (Å²) >= 11 is 0. The van der Waals surface area contributed by atoms with Gasteiger partial charge < -0.3 is 9.64 Å². The van der Waals surface area contributed by atoms with Crippen LogP contribution in [0.4, 0.5) is 5.69 Å². The van der Waals surface area contributed by atoms with Crippen LogP contribution in [0.2, 0.25) is 0 Å². The zero-order chi connectivity index (χ0) is 18.8. The van der Waals surface area contributed by atoms with Gasteiger partial charge in [-0.3, -0.25) is 4.90 Å². The van der Waals surface area contributed by atoms with E-state index in [2.05, 4.69) is 35.8 Å². The largest absolute Gasteiger partial charge is 0.497 e. The first-order chi connectivity index (χ1) is 13.1. The first-order valence-corrected chi connectivity index (χ1v) is 9.49. The lowest BCUT2D eigenvalue weighted by atomic mass is 10.1. The predicted octanol–water partition coefficient (Wildman–Crippen LogP) is 3.66. The van der Waals surface area contributed by atoms with E-state index in [1.54, 1.807) is 7.11 Å². The standard InChI is InChI=1S/C22H26N4O/c1-16-14-26(18-8-10-19(27-3)11-9-18)13-12-25(16)15-22-17(2)23-20-6-4-5-7-21(20)24-22/h4-11,16H,12-15H2,1-3H3/t16-/m0/s1. The number of ether oxygens (including phenoxy) is 1. The van der Waals surface area contributed by atoms with Gasteiger partial charge in [0.25, 0.3) is 0 Å². The van der Waals surface area contributed by atoms with Gasteiger partial charge in [0.1, 0.15) is 5.75 Å². The van der Waals surface area contributed by atoms with E-state index in [0.29, 0.717) is 6.04 Å². The Morgan fingerprint density at radius 3 is 2.37 bits per heavy atom. The van der Waals surface area contributed by atoms with Gasteiger partial charge in [-0.15, -0.1) is 0 Å². The molecular weight excluding hydrogens is 336 g/mol. The molecule has 5 nitrogen and oxygen atoms in total. The Morgan fingerprint density at radius 1 is 1.00 bits per heavy atom. The fraction of sp³-hybridized carbons (Fsp3) is 0.364. The summed E-state index contributed by atoms with van der Waals surface area (Å²) in [6.45, 7) is 8.23. The number of benzene rings is 2. The molecule has 0 amide bonds. The molecule has 0 N–H and O–H groups in total. The quantitative estimate of drug-likeness (QED) is 0.708. The van der Waals surface area contributed by atoms with Crippen LogP contribution >= 0.6 is 0 Å². The van der Waals surface area contributed by atoms with Gasteiger partial charge in [-0.05, 0) is 50.2 Å². The fourth-order valence-electron chi connectivity index (χ4n) is 3.72. The van der Waals surface area contributed by atoms with Gasteiger partial charge in [-0.1, -0.05) is 12.1 Å². The van der Waals surface area contributed by atoms with Crippen LogP contribution in [0.3, 0.4) is 0 Å². The zero-order valence-electron chi connectivity index (χ0n) is 16.2. The summed E-state index contributed by atoms with van der Waals surface area (Å²) in [6, 6.07) is 16.9. The third kappa shape index (κ3) is 3.74. The number of anilines is 1. The second kappa shape index (κ2) is 7.53. The molecule has 27 heavy (non-hydrogen) atoms. The smallest absolute Gasteiger partial charge is 0.119 e. The predicted molar refractivity (Wildman–Crippen MR) is 109 cm³/mol. The molecular formula is C22H26N4O. The number of fused-ring (bicyclic) bond motifs is 1. The third-order valence-corrected chi connectivity index (χ3v) is 5.40. The van der Waals surface area contributed by atoms with Crippen molar-refractivity contribution in [3.63, 3.8) is 0 Å². The van der Waals surface area contributed by atoms with Gasteiger partial charge in [0.05, 0.1) is 29.5 Å². The van der Waals surface area contributed by atoms with Crippen molar-refractivity contribution in [2.24, 2.45) is 0 Å². The van der Waals surface area contributed by atoms with Crippen LogP contribution in [-0.4, -0.2) is 47.7 Å². The van der Waals surface area contributed by atoms with Crippen molar-refractivity contribution in [2.75, 3.05) is 31.6 Å². The summed E-state index contributed by atoms with van der Waals surface area (Å²) in [6.07, 6.45) is 0. The van der Waals surface area contributed by atoms with Crippen molar-refractivity contribution in [2.45, 2.75) is 26.4 Å². The molecule has 0 unspecified atom stereocenters. The summed E-state index contributed by atoms with van der Waals surface area (Å²) in [7, 11) is 1.70. The number of hydrogen-bond donors (Lipinski definition) is 0. The van der Waals surface area contributed by atoms with Gasteiger partial charge in [-0.2, -0.15) is 0 Å². The van der Waals surface area contributed by atoms with Gasteiger partial charge in [-0.25, -0.2) is 9.97 Å². The molecule has 1 fully saturated rings. The van der Waals surface area contributed by atoms with Crippen molar-refractivity contribution in [3.05, 3.63) is 59.9 Å². The zero-order valence-corrected chi connectivity index (χ0v) is 16.2. The number of rotatable bonds is 4. The molecule has 3 aromatic rings. The highest BCUT2D eigenvalue weighted by Gasteiger charge is 2.25. The first kappa shape index (κ1) is 17.7. The van der Waals surface area contributed by atoms with Crippen molar-refractivity contribution < 1.29 is 4.74 Å². The van der Waals surface area contributed by atoms with Crippen molar-refractivity contribution in [1.82, 2.24) is 14.9 Å². The normalized spacial score (nSPS) is 18.0. The Morgan fingerprint density at radius 2 is 1.70 bits per heavy atom. The summed E-state index contributed by atoms with van der Waals surface area (Å²) in [4.78, 5) is 14.6. The Bertz CT molecular complexity index is 925. The van der Waals surface area contributed by atoms with Crippen LogP contribution < -0.4 is 9.64 Å². The number of nitrogens with zero attached hydrogens (tertiary/aromatic N) is 4. The molecule has 0 radical (unpaired) electrons. The lowest BCUT2D eigenvalue weighted by Gasteiger charge is -2.41. The number of aromatic nitrogens is 2. The van der Waals surface area contributed by atoms with Crippen molar-refractivity contribution in [3.8, 4) is 5.75 Å². The Hall–Kier alpha value is -2.66. The first-order valence-electron chi connectivity index (χ1n) is 9.49. The average molecular weight is 362 g/mol. The van der Waals surface area contributed by atoms with E-state index in [1.165, 1.54) is 5.69 Å². The van der Waals surface area contributed by atoms with Gasteiger partial charge in [0.2, 0.25) is 0 Å². The molecule has 0 spiro atoms. The van der Waals surface area contributed by atoms with Gasteiger partial charge in [0, 0.05) is 37.9 Å². The van der Waals surface area contributed by atoms with E-state index >= 15 is 0 Å². The summed E-state index contributed by atoms with van der Waals surface area (Å²) in [5.74, 6) is 0.899. The maximum Gasteiger partial charge on any atom is 0.119 e. The molecule has 1 aliphatic heterocycles. The Kier molecular flexibility index (Phi) is 4.94. The molecule has 1 aliphatic rings. The molecule has 140 valence electrons. The number of aryl methyl sites for hydroxylation is 1. The van der Waals surface area contributed by atoms with E-state index < -0.39 is 0 Å². The number of para-hydroxylation sites is 2. The van der Waals surface area contributed by atoms with E-state index in [0.717, 1.165) is 54.3 Å². The second-order valence-electron chi connectivity index (χ2n) is 7.21. The molecule has 0 saturated carbocycles. The Labute approximate surface area is 160 Å². The molecule has 1 saturated heterocycles. The second-order valence-corrected chi connectivity index (χ2v) is 7.21. The highest BCUT2D eigenvalue weighted by Crippen LogP contribution is 2.23. The minimum Gasteiger partial charge on any atom is -0.497 e. The van der Waals surface area contributed by atoms with Crippen LogP contribution in [0.1, 0.15) is 18.3 Å². The highest BCUT2D eigenvalue weighted by molar-refractivity contribution is 5.74. The molecule has 0 aliphatic carbocycles. The van der Waals surface area contributed by atoms with Crippen molar-refractivity contribution in [1.29, 1.82) is 0 Å². The highest BCUT2D eigenvalue weighted by atomic mass is 16.5. The SMILES string of the molecule is COc1ccc(N2CCN(Cc3nc4ccccc4nc3C)[C@@H](C)C2)cc1. The minimum absolute atomic E-state index is 0.452.